The van der Waals surface area contributed by atoms with E-state index in [1.807, 2.05) is 31.2 Å². The quantitative estimate of drug-likeness (QED) is 0.834. The maximum atomic E-state index is 11.9. The Morgan fingerprint density at radius 2 is 1.90 bits per heavy atom. The average Bonchev–Trinajstić information content (AvgIpc) is 2.52. The summed E-state index contributed by atoms with van der Waals surface area (Å²) in [4.78, 5) is 15.8. The number of nitrogens with one attached hydrogen (secondary N) is 1. The lowest BCUT2D eigenvalue weighted by molar-refractivity contribution is 0.0950. The highest BCUT2D eigenvalue weighted by Crippen LogP contribution is 2.07. The molecule has 1 aromatic carbocycles. The first-order valence-electron chi connectivity index (χ1n) is 6.74. The minimum atomic E-state index is -0.169. The molecule has 2 aromatic rings. The van der Waals surface area contributed by atoms with Gasteiger partial charge in [0.25, 0.3) is 5.91 Å². The largest absolute Gasteiger partial charge is 0.377 e. The molecule has 1 N–H and O–H groups in total. The second-order valence-electron chi connectivity index (χ2n) is 4.51. The van der Waals surface area contributed by atoms with E-state index >= 15 is 0 Å². The van der Waals surface area contributed by atoms with Gasteiger partial charge in [0.15, 0.2) is 0 Å². The van der Waals surface area contributed by atoms with Crippen LogP contribution in [0.5, 0.6) is 0 Å². The Kier molecular flexibility index (Phi) is 5.72. The standard InChI is InChI=1S/C16H17ClN2O2/c1-2-21-11-13-5-3-12(4-6-13)9-19-16(20)14-7-8-15(17)18-10-14/h3-8,10H,2,9,11H2,1H3,(H,19,20). The molecule has 0 unspecified atom stereocenters. The third kappa shape index (κ3) is 4.85. The molecule has 0 saturated carbocycles. The van der Waals surface area contributed by atoms with Crippen molar-refractivity contribution in [3.63, 3.8) is 0 Å². The molecule has 0 aliphatic rings. The molecular weight excluding hydrogens is 288 g/mol. The second-order valence-corrected chi connectivity index (χ2v) is 4.89. The van der Waals surface area contributed by atoms with E-state index in [1.54, 1.807) is 12.1 Å². The molecule has 0 radical (unpaired) electrons. The van der Waals surface area contributed by atoms with Gasteiger partial charge in [-0.25, -0.2) is 4.98 Å². The smallest absolute Gasteiger partial charge is 0.253 e. The van der Waals surface area contributed by atoms with Crippen LogP contribution in [-0.2, 0) is 17.9 Å². The first kappa shape index (κ1) is 15.5. The number of amides is 1. The SMILES string of the molecule is CCOCc1ccc(CNC(=O)c2ccc(Cl)nc2)cc1. The van der Waals surface area contributed by atoms with Crippen molar-refractivity contribution in [3.05, 3.63) is 64.4 Å². The Morgan fingerprint density at radius 3 is 2.52 bits per heavy atom. The summed E-state index contributed by atoms with van der Waals surface area (Å²) >= 11 is 5.69. The normalized spacial score (nSPS) is 10.4. The fourth-order valence-electron chi connectivity index (χ4n) is 1.77. The number of halogens is 1. The predicted octanol–water partition coefficient (Wildman–Crippen LogP) is 3.20. The van der Waals surface area contributed by atoms with Crippen molar-refractivity contribution < 1.29 is 9.53 Å². The molecule has 0 fully saturated rings. The zero-order chi connectivity index (χ0) is 15.1. The molecule has 0 aliphatic heterocycles. The van der Waals surface area contributed by atoms with Crippen molar-refractivity contribution in [2.75, 3.05) is 6.61 Å². The van der Waals surface area contributed by atoms with Crippen LogP contribution < -0.4 is 5.32 Å². The lowest BCUT2D eigenvalue weighted by Gasteiger charge is -2.07. The van der Waals surface area contributed by atoms with Gasteiger partial charge < -0.3 is 10.1 Å². The molecule has 4 nitrogen and oxygen atoms in total. The van der Waals surface area contributed by atoms with E-state index in [9.17, 15) is 4.79 Å². The van der Waals surface area contributed by atoms with Gasteiger partial charge in [-0.1, -0.05) is 35.9 Å². The summed E-state index contributed by atoms with van der Waals surface area (Å²) < 4.78 is 5.34. The van der Waals surface area contributed by atoms with Gasteiger partial charge in [0.2, 0.25) is 0 Å². The van der Waals surface area contributed by atoms with Crippen molar-refractivity contribution in [1.29, 1.82) is 0 Å². The van der Waals surface area contributed by atoms with Crippen LogP contribution in [0.4, 0.5) is 0 Å². The topological polar surface area (TPSA) is 51.2 Å². The van der Waals surface area contributed by atoms with Crippen molar-refractivity contribution in [2.24, 2.45) is 0 Å². The average molecular weight is 305 g/mol. The van der Waals surface area contributed by atoms with Crippen LogP contribution in [0.1, 0.15) is 28.4 Å². The Hall–Kier alpha value is -1.91. The van der Waals surface area contributed by atoms with Gasteiger partial charge in [-0.3, -0.25) is 4.79 Å². The third-order valence-corrected chi connectivity index (χ3v) is 3.16. The first-order chi connectivity index (χ1) is 10.2. The fourth-order valence-corrected chi connectivity index (χ4v) is 1.88. The Balaban J connectivity index is 1.87. The molecule has 0 saturated heterocycles. The monoisotopic (exact) mass is 304 g/mol. The predicted molar refractivity (Wildman–Crippen MR) is 82.2 cm³/mol. The third-order valence-electron chi connectivity index (χ3n) is 2.94. The molecule has 1 aromatic heterocycles. The molecule has 1 heterocycles. The molecule has 1 amide bonds. The van der Waals surface area contributed by atoms with Gasteiger partial charge in [0.1, 0.15) is 5.15 Å². The lowest BCUT2D eigenvalue weighted by atomic mass is 10.1. The number of aromatic nitrogens is 1. The fraction of sp³-hybridized carbons (Fsp3) is 0.250. The molecule has 0 aliphatic carbocycles. The molecule has 2 rings (SSSR count). The van der Waals surface area contributed by atoms with Crippen LogP contribution >= 0.6 is 11.6 Å². The van der Waals surface area contributed by atoms with E-state index in [0.717, 1.165) is 11.1 Å². The molecule has 21 heavy (non-hydrogen) atoms. The van der Waals surface area contributed by atoms with E-state index in [-0.39, 0.29) is 5.91 Å². The van der Waals surface area contributed by atoms with Gasteiger partial charge >= 0.3 is 0 Å². The highest BCUT2D eigenvalue weighted by Gasteiger charge is 2.05. The minimum absolute atomic E-state index is 0.169. The highest BCUT2D eigenvalue weighted by molar-refractivity contribution is 6.29. The lowest BCUT2D eigenvalue weighted by Crippen LogP contribution is -2.22. The van der Waals surface area contributed by atoms with Gasteiger partial charge in [0.05, 0.1) is 12.2 Å². The number of hydrogen-bond donors (Lipinski definition) is 1. The molecular formula is C16H17ClN2O2. The van der Waals surface area contributed by atoms with Gasteiger partial charge in [0, 0.05) is 19.3 Å². The molecule has 0 atom stereocenters. The maximum Gasteiger partial charge on any atom is 0.253 e. The van der Waals surface area contributed by atoms with E-state index in [4.69, 9.17) is 16.3 Å². The zero-order valence-corrected chi connectivity index (χ0v) is 12.6. The number of benzene rings is 1. The van der Waals surface area contributed by atoms with Crippen LogP contribution in [0.25, 0.3) is 0 Å². The molecule has 110 valence electrons. The summed E-state index contributed by atoms with van der Waals surface area (Å²) in [5.74, 6) is -0.169. The number of rotatable bonds is 6. The molecule has 5 heteroatoms. The van der Waals surface area contributed by atoms with E-state index in [0.29, 0.717) is 30.5 Å². The van der Waals surface area contributed by atoms with E-state index in [1.165, 1.54) is 6.20 Å². The van der Waals surface area contributed by atoms with Crippen molar-refractivity contribution in [1.82, 2.24) is 10.3 Å². The van der Waals surface area contributed by atoms with Gasteiger partial charge in [-0.2, -0.15) is 0 Å². The second kappa shape index (κ2) is 7.76. The summed E-state index contributed by atoms with van der Waals surface area (Å²) in [5.41, 5.74) is 2.65. The van der Waals surface area contributed by atoms with Crippen LogP contribution in [0.3, 0.4) is 0 Å². The first-order valence-corrected chi connectivity index (χ1v) is 7.12. The zero-order valence-electron chi connectivity index (χ0n) is 11.8. The van der Waals surface area contributed by atoms with E-state index < -0.39 is 0 Å². The van der Waals surface area contributed by atoms with Gasteiger partial charge in [-0.15, -0.1) is 0 Å². The summed E-state index contributed by atoms with van der Waals surface area (Å²) in [5, 5.41) is 3.22. The number of ether oxygens (including phenoxy) is 1. The van der Waals surface area contributed by atoms with Crippen molar-refractivity contribution >= 4 is 17.5 Å². The number of nitrogens with zero attached hydrogens (tertiary/aromatic N) is 1. The summed E-state index contributed by atoms with van der Waals surface area (Å²) in [6.45, 7) is 3.75. The Bertz CT molecular complexity index is 582. The summed E-state index contributed by atoms with van der Waals surface area (Å²) in [6, 6.07) is 11.2. The van der Waals surface area contributed by atoms with Crippen LogP contribution in [0.2, 0.25) is 5.15 Å². The van der Waals surface area contributed by atoms with Crippen LogP contribution in [0, 0.1) is 0 Å². The minimum Gasteiger partial charge on any atom is -0.377 e. The Morgan fingerprint density at radius 1 is 1.19 bits per heavy atom. The highest BCUT2D eigenvalue weighted by atomic mass is 35.5. The van der Waals surface area contributed by atoms with Crippen LogP contribution in [-0.4, -0.2) is 17.5 Å². The summed E-state index contributed by atoms with van der Waals surface area (Å²) in [6.07, 6.45) is 1.46. The molecule has 0 bridgehead atoms. The van der Waals surface area contributed by atoms with Gasteiger partial charge in [-0.05, 0) is 30.2 Å². The number of hydrogen-bond acceptors (Lipinski definition) is 3. The Labute approximate surface area is 129 Å². The number of carbonyl (C=O) groups excluding carboxylic acids is 1. The van der Waals surface area contributed by atoms with Crippen molar-refractivity contribution in [2.45, 2.75) is 20.1 Å². The van der Waals surface area contributed by atoms with Crippen LogP contribution in [0.15, 0.2) is 42.6 Å². The van der Waals surface area contributed by atoms with Crippen molar-refractivity contribution in [3.8, 4) is 0 Å². The van der Waals surface area contributed by atoms with E-state index in [2.05, 4.69) is 10.3 Å². The molecule has 0 spiro atoms. The summed E-state index contributed by atoms with van der Waals surface area (Å²) in [7, 11) is 0. The maximum absolute atomic E-state index is 11.9. The number of carbonyl (C=O) groups is 1. The number of pyridine rings is 1.